The van der Waals surface area contributed by atoms with Crippen LogP contribution < -0.4 is 21.9 Å². The van der Waals surface area contributed by atoms with E-state index in [1.807, 2.05) is 36.4 Å². The number of esters is 1. The number of hydrogen-bond acceptors (Lipinski definition) is 5. The summed E-state index contributed by atoms with van der Waals surface area (Å²) in [5.74, 6) is -0.0368. The molecule has 0 aromatic heterocycles. The summed E-state index contributed by atoms with van der Waals surface area (Å²) >= 11 is 0. The zero-order valence-corrected chi connectivity index (χ0v) is 14.1. The molecule has 0 spiro atoms. The van der Waals surface area contributed by atoms with E-state index in [0.29, 0.717) is 28.4 Å². The molecule has 0 radical (unpaired) electrons. The minimum atomic E-state index is -0.485. The van der Waals surface area contributed by atoms with Gasteiger partial charge in [0.05, 0.1) is 5.56 Å². The van der Waals surface area contributed by atoms with Gasteiger partial charge in [0, 0.05) is 17.1 Å². The van der Waals surface area contributed by atoms with Gasteiger partial charge in [-0.3, -0.25) is 0 Å². The highest BCUT2D eigenvalue weighted by Gasteiger charge is 2.11. The Morgan fingerprint density at radius 3 is 2.04 bits per heavy atom. The van der Waals surface area contributed by atoms with Crippen LogP contribution in [0.25, 0.3) is 12.2 Å². The molecule has 3 aromatic carbocycles. The molecule has 3 rings (SSSR count). The number of rotatable bonds is 4. The first-order valence-corrected chi connectivity index (χ1v) is 8.02. The molecule has 0 aliphatic rings. The van der Waals surface area contributed by atoms with Crippen LogP contribution in [-0.4, -0.2) is 5.97 Å². The first kappa shape index (κ1) is 17.1. The predicted octanol–water partition coefficient (Wildman–Crippen LogP) is 3.82. The highest BCUT2D eigenvalue weighted by Crippen LogP contribution is 2.19. The van der Waals surface area contributed by atoms with Gasteiger partial charge < -0.3 is 21.9 Å². The van der Waals surface area contributed by atoms with Crippen molar-refractivity contribution in [3.05, 3.63) is 83.4 Å². The van der Waals surface area contributed by atoms with Crippen molar-refractivity contribution in [2.75, 3.05) is 17.2 Å². The summed E-state index contributed by atoms with van der Waals surface area (Å²) in [6, 6.07) is 19.3. The lowest BCUT2D eigenvalue weighted by Gasteiger charge is -2.06. The Bertz CT molecular complexity index is 943. The fraction of sp³-hybridized carbons (Fsp3) is 0. The van der Waals surface area contributed by atoms with E-state index < -0.39 is 5.97 Å². The number of hydrogen-bond donors (Lipinski definition) is 3. The van der Waals surface area contributed by atoms with Crippen LogP contribution in [0.1, 0.15) is 21.5 Å². The predicted molar refractivity (Wildman–Crippen MR) is 106 cm³/mol. The third-order valence-corrected chi connectivity index (χ3v) is 3.74. The minimum Gasteiger partial charge on any atom is -0.423 e. The number of anilines is 3. The van der Waals surface area contributed by atoms with Gasteiger partial charge in [-0.05, 0) is 53.6 Å². The van der Waals surface area contributed by atoms with E-state index >= 15 is 0 Å². The van der Waals surface area contributed by atoms with E-state index in [0.717, 1.165) is 11.1 Å². The molecule has 5 nitrogen and oxygen atoms in total. The molecule has 0 saturated carbocycles. The normalized spacial score (nSPS) is 10.8. The zero-order valence-electron chi connectivity index (χ0n) is 14.1. The van der Waals surface area contributed by atoms with Crippen molar-refractivity contribution in [3.63, 3.8) is 0 Å². The maximum absolute atomic E-state index is 12.2. The highest BCUT2D eigenvalue weighted by atomic mass is 16.5. The van der Waals surface area contributed by atoms with Crippen molar-refractivity contribution < 1.29 is 9.53 Å². The summed E-state index contributed by atoms with van der Waals surface area (Å²) in [6.07, 6.45) is 3.84. The molecule has 0 bridgehead atoms. The number of carbonyl (C=O) groups is 1. The van der Waals surface area contributed by atoms with Crippen molar-refractivity contribution in [3.8, 4) is 5.75 Å². The van der Waals surface area contributed by atoms with Gasteiger partial charge in [0.1, 0.15) is 5.75 Å². The van der Waals surface area contributed by atoms with E-state index in [1.54, 1.807) is 42.5 Å². The molecule has 0 unspecified atom stereocenters. The second-order valence-corrected chi connectivity index (χ2v) is 5.81. The van der Waals surface area contributed by atoms with E-state index in [-0.39, 0.29) is 0 Å². The Hall–Kier alpha value is -3.73. The van der Waals surface area contributed by atoms with Gasteiger partial charge in [0.25, 0.3) is 0 Å². The van der Waals surface area contributed by atoms with Crippen molar-refractivity contribution in [1.29, 1.82) is 0 Å². The lowest BCUT2D eigenvalue weighted by Crippen LogP contribution is -2.10. The van der Waals surface area contributed by atoms with Gasteiger partial charge in [-0.1, -0.05) is 36.4 Å². The summed E-state index contributed by atoms with van der Waals surface area (Å²) in [5, 5.41) is 0. The van der Waals surface area contributed by atoms with E-state index in [2.05, 4.69) is 0 Å². The SMILES string of the molecule is Nc1cc(N)cc(/C=C/c2ccc(OC(=O)c3ccccc3N)cc2)c1. The molecule has 0 aliphatic carbocycles. The first-order chi connectivity index (χ1) is 12.5. The lowest BCUT2D eigenvalue weighted by atomic mass is 10.1. The van der Waals surface area contributed by atoms with Crippen LogP contribution in [0.2, 0.25) is 0 Å². The molecule has 6 N–H and O–H groups in total. The van der Waals surface area contributed by atoms with Crippen molar-refractivity contribution in [1.82, 2.24) is 0 Å². The van der Waals surface area contributed by atoms with E-state index in [4.69, 9.17) is 21.9 Å². The van der Waals surface area contributed by atoms with Crippen molar-refractivity contribution in [2.24, 2.45) is 0 Å². The van der Waals surface area contributed by atoms with Crippen LogP contribution >= 0.6 is 0 Å². The average Bonchev–Trinajstić information content (AvgIpc) is 2.60. The van der Waals surface area contributed by atoms with Crippen LogP contribution in [0.15, 0.2) is 66.7 Å². The van der Waals surface area contributed by atoms with Crippen molar-refractivity contribution in [2.45, 2.75) is 0 Å². The van der Waals surface area contributed by atoms with Crippen molar-refractivity contribution >= 4 is 35.2 Å². The number of benzene rings is 3. The summed E-state index contributed by atoms with van der Waals surface area (Å²) in [7, 11) is 0. The monoisotopic (exact) mass is 345 g/mol. The molecule has 0 heterocycles. The second-order valence-electron chi connectivity index (χ2n) is 5.81. The Balaban J connectivity index is 1.69. The first-order valence-electron chi connectivity index (χ1n) is 8.02. The zero-order chi connectivity index (χ0) is 18.5. The molecule has 5 heteroatoms. The van der Waals surface area contributed by atoms with Crippen LogP contribution in [0.4, 0.5) is 17.1 Å². The minimum absolute atomic E-state index is 0.343. The molecule has 0 atom stereocenters. The molecule has 0 fully saturated rings. The fourth-order valence-corrected chi connectivity index (χ4v) is 2.48. The third kappa shape index (κ3) is 4.21. The molecule has 0 saturated heterocycles. The van der Waals surface area contributed by atoms with Crippen LogP contribution in [-0.2, 0) is 0 Å². The maximum atomic E-state index is 12.2. The van der Waals surface area contributed by atoms with E-state index in [1.165, 1.54) is 0 Å². The molecule has 0 amide bonds. The molecular formula is C21H19N3O2. The summed E-state index contributed by atoms with van der Waals surface area (Å²) in [4.78, 5) is 12.2. The van der Waals surface area contributed by atoms with Gasteiger partial charge in [0.15, 0.2) is 0 Å². The maximum Gasteiger partial charge on any atom is 0.345 e. The summed E-state index contributed by atoms with van der Waals surface area (Å²) in [6.45, 7) is 0. The largest absolute Gasteiger partial charge is 0.423 e. The number of nitrogens with two attached hydrogens (primary N) is 3. The number of ether oxygens (including phenoxy) is 1. The Labute approximate surface area is 151 Å². The quantitative estimate of drug-likeness (QED) is 0.288. The summed E-state index contributed by atoms with van der Waals surface area (Å²) < 4.78 is 5.35. The van der Waals surface area contributed by atoms with E-state index in [9.17, 15) is 4.79 Å². The molecule has 26 heavy (non-hydrogen) atoms. The number of carbonyl (C=O) groups excluding carboxylic acids is 1. The topological polar surface area (TPSA) is 104 Å². The highest BCUT2D eigenvalue weighted by molar-refractivity contribution is 5.96. The molecule has 0 aliphatic heterocycles. The molecule has 130 valence electrons. The van der Waals surface area contributed by atoms with Crippen LogP contribution in [0.3, 0.4) is 0 Å². The van der Waals surface area contributed by atoms with Gasteiger partial charge in [-0.25, -0.2) is 4.79 Å². The van der Waals surface area contributed by atoms with Crippen LogP contribution in [0.5, 0.6) is 5.75 Å². The third-order valence-electron chi connectivity index (χ3n) is 3.74. The van der Waals surface area contributed by atoms with Gasteiger partial charge in [0.2, 0.25) is 0 Å². The fourth-order valence-electron chi connectivity index (χ4n) is 2.48. The molecule has 3 aromatic rings. The number of para-hydroxylation sites is 1. The standard InChI is InChI=1S/C21H19N3O2/c22-16-11-15(12-17(23)13-16)6-5-14-7-9-18(10-8-14)26-21(25)19-3-1-2-4-20(19)24/h1-13H,22-24H2/b6-5+. The summed E-state index contributed by atoms with van der Waals surface area (Å²) in [5.41, 5.74) is 21.2. The Kier molecular flexibility index (Phi) is 4.90. The Morgan fingerprint density at radius 2 is 1.38 bits per heavy atom. The van der Waals surface area contributed by atoms with Crippen LogP contribution in [0, 0.1) is 0 Å². The van der Waals surface area contributed by atoms with Gasteiger partial charge in [-0.2, -0.15) is 0 Å². The smallest absolute Gasteiger partial charge is 0.345 e. The number of nitrogen functional groups attached to an aromatic ring is 3. The lowest BCUT2D eigenvalue weighted by molar-refractivity contribution is 0.0736. The second kappa shape index (κ2) is 7.44. The van der Waals surface area contributed by atoms with Gasteiger partial charge in [-0.15, -0.1) is 0 Å². The Morgan fingerprint density at radius 1 is 0.769 bits per heavy atom. The van der Waals surface area contributed by atoms with Gasteiger partial charge >= 0.3 is 5.97 Å². The molecular weight excluding hydrogens is 326 g/mol. The average molecular weight is 345 g/mol.